The zero-order chi connectivity index (χ0) is 13.6. The number of benzene rings is 1. The van der Waals surface area contributed by atoms with E-state index in [1.54, 1.807) is 18.8 Å². The molecule has 3 nitrogen and oxygen atoms in total. The van der Waals surface area contributed by atoms with E-state index in [1.165, 1.54) is 0 Å². The van der Waals surface area contributed by atoms with Crippen LogP contribution in [0, 0.1) is 0 Å². The largest absolute Gasteiger partial charge is 0.368 e. The predicted octanol–water partition coefficient (Wildman–Crippen LogP) is 2.68. The lowest BCUT2D eigenvalue weighted by Gasteiger charge is -2.25. The lowest BCUT2D eigenvalue weighted by molar-refractivity contribution is -0.123. The van der Waals surface area contributed by atoms with Gasteiger partial charge in [-0.15, -0.1) is 11.8 Å². The van der Waals surface area contributed by atoms with Gasteiger partial charge in [-0.1, -0.05) is 23.7 Å². The number of carbonyl (C=O) groups is 1. The Morgan fingerprint density at radius 2 is 2.17 bits per heavy atom. The van der Waals surface area contributed by atoms with Crippen molar-refractivity contribution in [3.8, 4) is 0 Å². The number of primary amides is 1. The van der Waals surface area contributed by atoms with Gasteiger partial charge in [0.25, 0.3) is 0 Å². The minimum Gasteiger partial charge on any atom is -0.368 e. The molecule has 0 fully saturated rings. The fourth-order valence-electron chi connectivity index (χ4n) is 1.54. The molecule has 100 valence electrons. The van der Waals surface area contributed by atoms with E-state index in [-0.39, 0.29) is 5.91 Å². The fourth-order valence-corrected chi connectivity index (χ4v) is 2.73. The quantitative estimate of drug-likeness (QED) is 0.598. The van der Waals surface area contributed by atoms with Gasteiger partial charge in [0.15, 0.2) is 0 Å². The minimum atomic E-state index is -0.624. The van der Waals surface area contributed by atoms with Crippen LogP contribution in [0.4, 0.5) is 0 Å². The average Bonchev–Trinajstić information content (AvgIpc) is 2.36. The molecule has 0 aliphatic rings. The number of carbonyl (C=O) groups excluding carboxylic acids is 1. The Bertz CT molecular complexity index is 414. The maximum Gasteiger partial charge on any atom is 0.237 e. The Morgan fingerprint density at radius 3 is 2.72 bits per heavy atom. The number of halogens is 1. The van der Waals surface area contributed by atoms with Crippen LogP contribution in [-0.4, -0.2) is 24.2 Å². The Balaban J connectivity index is 2.39. The number of nitrogens with one attached hydrogen (secondary N) is 1. The summed E-state index contributed by atoms with van der Waals surface area (Å²) in [7, 11) is 1.76. The molecule has 3 N–H and O–H groups in total. The van der Waals surface area contributed by atoms with E-state index >= 15 is 0 Å². The van der Waals surface area contributed by atoms with E-state index < -0.39 is 5.54 Å². The van der Waals surface area contributed by atoms with E-state index in [2.05, 4.69) is 5.32 Å². The van der Waals surface area contributed by atoms with E-state index in [4.69, 9.17) is 17.3 Å². The lowest BCUT2D eigenvalue weighted by Crippen LogP contribution is -2.51. The topological polar surface area (TPSA) is 55.1 Å². The molecule has 18 heavy (non-hydrogen) atoms. The molecule has 1 amide bonds. The molecule has 0 saturated carbocycles. The Kier molecular flexibility index (Phi) is 5.99. The summed E-state index contributed by atoms with van der Waals surface area (Å²) in [6.45, 7) is 1.83. The van der Waals surface area contributed by atoms with E-state index in [9.17, 15) is 4.79 Å². The number of nitrogens with two attached hydrogens (primary N) is 1. The van der Waals surface area contributed by atoms with Gasteiger partial charge in [0.2, 0.25) is 5.91 Å². The van der Waals surface area contributed by atoms with Crippen molar-refractivity contribution in [2.75, 3.05) is 12.8 Å². The van der Waals surface area contributed by atoms with Crippen LogP contribution < -0.4 is 11.1 Å². The average molecular weight is 287 g/mol. The zero-order valence-electron chi connectivity index (χ0n) is 10.7. The van der Waals surface area contributed by atoms with Gasteiger partial charge < -0.3 is 11.1 Å². The predicted molar refractivity (Wildman–Crippen MR) is 78.1 cm³/mol. The van der Waals surface area contributed by atoms with Crippen molar-refractivity contribution in [2.24, 2.45) is 5.73 Å². The van der Waals surface area contributed by atoms with Gasteiger partial charge in [0.1, 0.15) is 0 Å². The first-order chi connectivity index (χ1) is 8.49. The number of amides is 1. The molecule has 0 spiro atoms. The highest BCUT2D eigenvalue weighted by Gasteiger charge is 2.27. The van der Waals surface area contributed by atoms with Gasteiger partial charge in [0, 0.05) is 4.90 Å². The monoisotopic (exact) mass is 286 g/mol. The van der Waals surface area contributed by atoms with E-state index in [0.717, 1.165) is 28.5 Å². The highest BCUT2D eigenvalue weighted by molar-refractivity contribution is 7.99. The van der Waals surface area contributed by atoms with Crippen LogP contribution in [0.15, 0.2) is 29.2 Å². The number of thioether (sulfide) groups is 1. The van der Waals surface area contributed by atoms with Gasteiger partial charge in [-0.3, -0.25) is 4.79 Å². The van der Waals surface area contributed by atoms with Crippen LogP contribution in [0.5, 0.6) is 0 Å². The van der Waals surface area contributed by atoms with E-state index in [0.29, 0.717) is 0 Å². The summed E-state index contributed by atoms with van der Waals surface area (Å²) < 4.78 is 0. The standard InChI is InChI=1S/C13H19ClN2OS/c1-13(16-2,12(15)17)8-5-9-18-11-7-4-3-6-10(11)14/h3-4,6-7,16H,5,8-9H2,1-2H3,(H2,15,17). The highest BCUT2D eigenvalue weighted by Crippen LogP contribution is 2.27. The summed E-state index contributed by atoms with van der Waals surface area (Å²) in [5.41, 5.74) is 4.75. The third kappa shape index (κ3) is 4.19. The third-order valence-corrected chi connectivity index (χ3v) is 4.61. The van der Waals surface area contributed by atoms with Crippen molar-refractivity contribution in [1.82, 2.24) is 5.32 Å². The Morgan fingerprint density at radius 1 is 1.50 bits per heavy atom. The summed E-state index contributed by atoms with van der Waals surface area (Å²) in [5, 5.41) is 3.75. The summed E-state index contributed by atoms with van der Waals surface area (Å²) in [6, 6.07) is 7.76. The first-order valence-electron chi connectivity index (χ1n) is 5.86. The molecular weight excluding hydrogens is 268 g/mol. The lowest BCUT2D eigenvalue weighted by atomic mass is 9.96. The van der Waals surface area contributed by atoms with Gasteiger partial charge in [-0.05, 0) is 44.7 Å². The molecule has 0 aromatic heterocycles. The maximum atomic E-state index is 11.3. The van der Waals surface area contributed by atoms with Crippen molar-refractivity contribution < 1.29 is 4.79 Å². The molecule has 0 heterocycles. The molecule has 5 heteroatoms. The van der Waals surface area contributed by atoms with Gasteiger partial charge in [-0.2, -0.15) is 0 Å². The molecule has 1 aromatic rings. The number of hydrogen-bond acceptors (Lipinski definition) is 3. The summed E-state index contributed by atoms with van der Waals surface area (Å²) in [5.74, 6) is 0.599. The van der Waals surface area contributed by atoms with Crippen molar-refractivity contribution in [2.45, 2.75) is 30.2 Å². The van der Waals surface area contributed by atoms with Crippen molar-refractivity contribution in [3.05, 3.63) is 29.3 Å². The third-order valence-electron chi connectivity index (χ3n) is 3.01. The van der Waals surface area contributed by atoms with E-state index in [1.807, 2.05) is 31.2 Å². The second kappa shape index (κ2) is 7.02. The van der Waals surface area contributed by atoms with Crippen molar-refractivity contribution in [3.63, 3.8) is 0 Å². The van der Waals surface area contributed by atoms with Gasteiger partial charge in [-0.25, -0.2) is 0 Å². The summed E-state index contributed by atoms with van der Waals surface area (Å²) >= 11 is 7.76. The molecule has 1 rings (SSSR count). The molecule has 1 aromatic carbocycles. The normalized spacial score (nSPS) is 14.2. The molecule has 0 aliphatic carbocycles. The molecule has 0 radical (unpaired) electrons. The molecule has 0 saturated heterocycles. The smallest absolute Gasteiger partial charge is 0.237 e. The number of hydrogen-bond donors (Lipinski definition) is 2. The molecule has 1 atom stereocenters. The Hall–Kier alpha value is -0.710. The van der Waals surface area contributed by atoms with Gasteiger partial charge in [0.05, 0.1) is 10.6 Å². The van der Waals surface area contributed by atoms with Crippen molar-refractivity contribution >= 4 is 29.3 Å². The number of likely N-dealkylation sites (N-methyl/N-ethyl adjacent to an activating group) is 1. The van der Waals surface area contributed by atoms with Crippen LogP contribution in [0.3, 0.4) is 0 Å². The highest BCUT2D eigenvalue weighted by atomic mass is 35.5. The first-order valence-corrected chi connectivity index (χ1v) is 7.22. The Labute approximate surface area is 117 Å². The second-order valence-corrected chi connectivity index (χ2v) is 5.87. The molecular formula is C13H19ClN2OS. The second-order valence-electron chi connectivity index (χ2n) is 4.33. The summed E-state index contributed by atoms with van der Waals surface area (Å²) in [4.78, 5) is 12.4. The minimum absolute atomic E-state index is 0.312. The van der Waals surface area contributed by atoms with Crippen LogP contribution in [0.1, 0.15) is 19.8 Å². The SMILES string of the molecule is CNC(C)(CCCSc1ccccc1Cl)C(N)=O. The number of rotatable bonds is 7. The first kappa shape index (κ1) is 15.3. The molecule has 0 aliphatic heterocycles. The van der Waals surface area contributed by atoms with Crippen molar-refractivity contribution in [1.29, 1.82) is 0 Å². The summed E-state index contributed by atoms with van der Waals surface area (Å²) in [6.07, 6.45) is 1.62. The molecule has 1 unspecified atom stereocenters. The fraction of sp³-hybridized carbons (Fsp3) is 0.462. The van der Waals surface area contributed by atoms with Crippen LogP contribution in [-0.2, 0) is 4.79 Å². The maximum absolute atomic E-state index is 11.3. The zero-order valence-corrected chi connectivity index (χ0v) is 12.3. The molecule has 0 bridgehead atoms. The van der Waals surface area contributed by atoms with Crippen LogP contribution >= 0.6 is 23.4 Å². The van der Waals surface area contributed by atoms with Crippen LogP contribution in [0.2, 0.25) is 5.02 Å². The van der Waals surface area contributed by atoms with Gasteiger partial charge >= 0.3 is 0 Å². The van der Waals surface area contributed by atoms with Crippen LogP contribution in [0.25, 0.3) is 0 Å².